The Bertz CT molecular complexity index is 693. The maximum atomic E-state index is 11.1. The Hall–Kier alpha value is -2.37. The van der Waals surface area contributed by atoms with Crippen molar-refractivity contribution in [3.8, 4) is 0 Å². The van der Waals surface area contributed by atoms with Crippen LogP contribution in [0.5, 0.6) is 0 Å². The number of fused-ring (bicyclic) bond motifs is 1. The molecule has 0 amide bonds. The summed E-state index contributed by atoms with van der Waals surface area (Å²) in [6.07, 6.45) is 4.12. The summed E-state index contributed by atoms with van der Waals surface area (Å²) < 4.78 is 1.64. The summed E-state index contributed by atoms with van der Waals surface area (Å²) in [4.78, 5) is 10.7. The third-order valence-corrected chi connectivity index (χ3v) is 4.16. The van der Waals surface area contributed by atoms with E-state index in [1.807, 2.05) is 12.1 Å². The molecule has 1 aromatic heterocycles. The lowest BCUT2D eigenvalue weighted by Crippen LogP contribution is -2.15. The smallest absolute Gasteiger partial charge is 0.333 e. The van der Waals surface area contributed by atoms with Crippen LogP contribution >= 0.6 is 0 Å². The number of anilines is 1. The monoisotopic (exact) mass is 286 g/mol. The van der Waals surface area contributed by atoms with Crippen molar-refractivity contribution >= 4 is 11.5 Å². The lowest BCUT2D eigenvalue weighted by atomic mass is 9.99. The fraction of sp³-hybridized carbons (Fsp3) is 0.400. The zero-order valence-electron chi connectivity index (χ0n) is 12.0. The Balaban J connectivity index is 2.13. The van der Waals surface area contributed by atoms with Crippen LogP contribution in [0, 0.1) is 17.0 Å². The number of nitro groups is 1. The molecule has 0 saturated carbocycles. The van der Waals surface area contributed by atoms with Crippen molar-refractivity contribution < 1.29 is 4.92 Å². The first-order valence-corrected chi connectivity index (χ1v) is 7.16. The minimum Gasteiger partial charge on any atom is -0.378 e. The van der Waals surface area contributed by atoms with Crippen LogP contribution in [0.25, 0.3) is 0 Å². The molecule has 1 unspecified atom stereocenters. The van der Waals surface area contributed by atoms with Crippen LogP contribution in [0.1, 0.15) is 42.1 Å². The Morgan fingerprint density at radius 2 is 2.14 bits per heavy atom. The number of benzene rings is 1. The average molecular weight is 286 g/mol. The van der Waals surface area contributed by atoms with Gasteiger partial charge in [0.2, 0.25) is 5.82 Å². The summed E-state index contributed by atoms with van der Waals surface area (Å²) in [7, 11) is 0. The van der Waals surface area contributed by atoms with Crippen molar-refractivity contribution in [2.24, 2.45) is 0 Å². The van der Waals surface area contributed by atoms with Crippen LogP contribution in [0.4, 0.5) is 11.5 Å². The van der Waals surface area contributed by atoms with Crippen molar-refractivity contribution in [1.82, 2.24) is 9.78 Å². The summed E-state index contributed by atoms with van der Waals surface area (Å²) in [6, 6.07) is 8.21. The first-order chi connectivity index (χ1) is 10.1. The topological polar surface area (TPSA) is 87.0 Å². The molecule has 0 bridgehead atoms. The molecule has 0 spiro atoms. The van der Waals surface area contributed by atoms with E-state index in [1.54, 1.807) is 11.6 Å². The Kier molecular flexibility index (Phi) is 3.37. The van der Waals surface area contributed by atoms with Gasteiger partial charge in [-0.1, -0.05) is 30.7 Å². The van der Waals surface area contributed by atoms with Crippen LogP contribution in [-0.2, 0) is 6.42 Å². The molecule has 0 aliphatic heterocycles. The zero-order chi connectivity index (χ0) is 15.0. The number of hydrogen-bond donors (Lipinski definition) is 1. The van der Waals surface area contributed by atoms with E-state index in [2.05, 4.69) is 17.2 Å². The second-order valence-electron chi connectivity index (χ2n) is 5.48. The van der Waals surface area contributed by atoms with Crippen molar-refractivity contribution in [2.45, 2.75) is 38.6 Å². The SMILES string of the molecule is Cc1nn(C2CCCCc3ccccc32)c(N)c1[N+](=O)[O-]. The first-order valence-electron chi connectivity index (χ1n) is 7.16. The predicted octanol–water partition coefficient (Wildman–Crippen LogP) is 3.00. The lowest BCUT2D eigenvalue weighted by Gasteiger charge is -2.19. The van der Waals surface area contributed by atoms with Crippen LogP contribution < -0.4 is 5.73 Å². The Morgan fingerprint density at radius 3 is 2.86 bits per heavy atom. The summed E-state index contributed by atoms with van der Waals surface area (Å²) in [5, 5.41) is 15.5. The number of hydrogen-bond acceptors (Lipinski definition) is 4. The quantitative estimate of drug-likeness (QED) is 0.522. The molecule has 6 nitrogen and oxygen atoms in total. The molecule has 1 heterocycles. The fourth-order valence-corrected chi connectivity index (χ4v) is 3.17. The van der Waals surface area contributed by atoms with E-state index in [9.17, 15) is 10.1 Å². The molecule has 0 saturated heterocycles. The second-order valence-corrected chi connectivity index (χ2v) is 5.48. The molecule has 2 N–H and O–H groups in total. The molecule has 1 aliphatic carbocycles. The van der Waals surface area contributed by atoms with Crippen molar-refractivity contribution in [1.29, 1.82) is 0 Å². The first kappa shape index (κ1) is 13.6. The minimum atomic E-state index is -0.448. The van der Waals surface area contributed by atoms with E-state index in [1.165, 1.54) is 11.1 Å². The Morgan fingerprint density at radius 1 is 1.38 bits per heavy atom. The minimum absolute atomic E-state index is 0.0175. The maximum Gasteiger partial charge on any atom is 0.333 e. The summed E-state index contributed by atoms with van der Waals surface area (Å²) in [5.74, 6) is 0.152. The molecule has 21 heavy (non-hydrogen) atoms. The van der Waals surface area contributed by atoms with Gasteiger partial charge in [-0.3, -0.25) is 10.1 Å². The van der Waals surface area contributed by atoms with Crippen LogP contribution in [-0.4, -0.2) is 14.7 Å². The molecule has 0 radical (unpaired) electrons. The zero-order valence-corrected chi connectivity index (χ0v) is 12.0. The molecule has 1 aromatic carbocycles. The highest BCUT2D eigenvalue weighted by molar-refractivity contribution is 5.57. The van der Waals surface area contributed by atoms with E-state index >= 15 is 0 Å². The number of nitrogens with zero attached hydrogens (tertiary/aromatic N) is 3. The van der Waals surface area contributed by atoms with Gasteiger partial charge < -0.3 is 5.73 Å². The summed E-state index contributed by atoms with van der Waals surface area (Å²) in [6.45, 7) is 1.63. The van der Waals surface area contributed by atoms with Gasteiger partial charge in [-0.15, -0.1) is 0 Å². The van der Waals surface area contributed by atoms with Crippen molar-refractivity contribution in [3.63, 3.8) is 0 Å². The van der Waals surface area contributed by atoms with E-state index in [0.29, 0.717) is 5.69 Å². The van der Waals surface area contributed by atoms with E-state index in [-0.39, 0.29) is 17.5 Å². The predicted molar refractivity (Wildman–Crippen MR) is 80.2 cm³/mol. The molecule has 1 aliphatic rings. The van der Waals surface area contributed by atoms with Gasteiger partial charge in [0.25, 0.3) is 0 Å². The standard InChI is InChI=1S/C15H18N4O2/c1-10-14(19(20)21)15(16)18(17-10)13-9-5-3-7-11-6-2-4-8-12(11)13/h2,4,6,8,13H,3,5,7,9,16H2,1H3. The van der Waals surface area contributed by atoms with Gasteiger partial charge in [0, 0.05) is 0 Å². The van der Waals surface area contributed by atoms with Gasteiger partial charge in [-0.2, -0.15) is 5.10 Å². The number of aromatic nitrogens is 2. The van der Waals surface area contributed by atoms with Crippen molar-refractivity contribution in [3.05, 3.63) is 51.2 Å². The summed E-state index contributed by atoms with van der Waals surface area (Å²) in [5.41, 5.74) is 8.77. The molecule has 1 atom stereocenters. The number of rotatable bonds is 2. The molecular formula is C15H18N4O2. The van der Waals surface area contributed by atoms with Crippen LogP contribution in [0.3, 0.4) is 0 Å². The number of nitrogens with two attached hydrogens (primary N) is 1. The normalized spacial score (nSPS) is 18.0. The van der Waals surface area contributed by atoms with Crippen LogP contribution in [0.15, 0.2) is 24.3 Å². The van der Waals surface area contributed by atoms with Gasteiger partial charge in [-0.05, 0) is 37.3 Å². The lowest BCUT2D eigenvalue weighted by molar-refractivity contribution is -0.384. The van der Waals surface area contributed by atoms with E-state index in [4.69, 9.17) is 5.73 Å². The van der Waals surface area contributed by atoms with E-state index < -0.39 is 4.92 Å². The summed E-state index contributed by atoms with van der Waals surface area (Å²) >= 11 is 0. The molecule has 6 heteroatoms. The average Bonchev–Trinajstić information content (AvgIpc) is 2.63. The second kappa shape index (κ2) is 5.20. The van der Waals surface area contributed by atoms with E-state index in [0.717, 1.165) is 25.7 Å². The van der Waals surface area contributed by atoms with Gasteiger partial charge in [0.15, 0.2) is 0 Å². The highest BCUT2D eigenvalue weighted by atomic mass is 16.6. The molecular weight excluding hydrogens is 268 g/mol. The highest BCUT2D eigenvalue weighted by Gasteiger charge is 2.29. The highest BCUT2D eigenvalue weighted by Crippen LogP contribution is 2.36. The molecule has 0 fully saturated rings. The van der Waals surface area contributed by atoms with Gasteiger partial charge in [-0.25, -0.2) is 4.68 Å². The van der Waals surface area contributed by atoms with Crippen LogP contribution in [0.2, 0.25) is 0 Å². The number of aryl methyl sites for hydroxylation is 2. The largest absolute Gasteiger partial charge is 0.378 e. The third kappa shape index (κ3) is 2.26. The van der Waals surface area contributed by atoms with Crippen molar-refractivity contribution in [2.75, 3.05) is 5.73 Å². The molecule has 3 rings (SSSR count). The fourth-order valence-electron chi connectivity index (χ4n) is 3.17. The Labute approximate surface area is 122 Å². The maximum absolute atomic E-state index is 11.1. The third-order valence-electron chi connectivity index (χ3n) is 4.16. The van der Waals surface area contributed by atoms with Gasteiger partial charge in [0.05, 0.1) is 11.0 Å². The molecule has 110 valence electrons. The molecule has 2 aromatic rings. The number of nitrogen functional groups attached to an aromatic ring is 1. The van der Waals surface area contributed by atoms with Gasteiger partial charge in [0.1, 0.15) is 5.69 Å². The van der Waals surface area contributed by atoms with Gasteiger partial charge >= 0.3 is 5.69 Å².